The van der Waals surface area contributed by atoms with Crippen LogP contribution >= 0.6 is 15.9 Å². The van der Waals surface area contributed by atoms with Gasteiger partial charge < -0.3 is 19.4 Å². The molecule has 7 heteroatoms. The number of hydrogen-bond donors (Lipinski definition) is 2. The van der Waals surface area contributed by atoms with Gasteiger partial charge in [0.2, 0.25) is 0 Å². The molecule has 0 saturated heterocycles. The van der Waals surface area contributed by atoms with E-state index in [-0.39, 0.29) is 18.0 Å². The molecule has 0 radical (unpaired) electrons. The normalized spacial score (nSPS) is 10.6. The number of hydrogen-bond acceptors (Lipinski definition) is 3. The number of carboxylic acids is 1. The second-order valence-electron chi connectivity index (χ2n) is 4.38. The Morgan fingerprint density at radius 1 is 1.45 bits per heavy atom. The van der Waals surface area contributed by atoms with Crippen molar-refractivity contribution in [1.29, 1.82) is 0 Å². The van der Waals surface area contributed by atoms with Gasteiger partial charge in [0.05, 0.1) is 6.54 Å². The molecule has 0 atom stereocenters. The fourth-order valence-corrected chi connectivity index (χ4v) is 2.18. The van der Waals surface area contributed by atoms with Crippen molar-refractivity contribution in [2.24, 2.45) is 0 Å². The maximum Gasteiger partial charge on any atom is 0.339 e. The number of aromatic carboxylic acids is 1. The van der Waals surface area contributed by atoms with E-state index in [1.54, 1.807) is 26.2 Å². The molecule has 0 saturated carbocycles. The van der Waals surface area contributed by atoms with E-state index in [1.165, 1.54) is 11.0 Å². The molecule has 0 spiro atoms. The van der Waals surface area contributed by atoms with Crippen LogP contribution in [0, 0.1) is 6.92 Å². The Hall–Kier alpha value is -2.02. The van der Waals surface area contributed by atoms with Crippen molar-refractivity contribution in [2.45, 2.75) is 13.5 Å². The van der Waals surface area contributed by atoms with E-state index < -0.39 is 5.97 Å². The predicted molar refractivity (Wildman–Crippen MR) is 74.7 cm³/mol. The average molecular weight is 341 g/mol. The first kappa shape index (κ1) is 14.4. The Kier molecular flexibility index (Phi) is 3.99. The van der Waals surface area contributed by atoms with Crippen molar-refractivity contribution in [3.8, 4) is 0 Å². The molecular weight excluding hydrogens is 328 g/mol. The minimum atomic E-state index is -1.04. The minimum absolute atomic E-state index is 0.114. The fraction of sp³-hybridized carbons (Fsp3) is 0.231. The standard InChI is InChI=1S/C13H13BrN2O4/c1-7-10(13(18)19)4-9(20-7)6-16(2)12(17)11-3-8(14)5-15-11/h3-5,15H,6H2,1-2H3,(H,18,19). The number of rotatable bonds is 4. The molecule has 2 rings (SSSR count). The summed E-state index contributed by atoms with van der Waals surface area (Å²) in [6.07, 6.45) is 1.67. The molecule has 0 fully saturated rings. The summed E-state index contributed by atoms with van der Waals surface area (Å²) in [6.45, 7) is 1.78. The smallest absolute Gasteiger partial charge is 0.339 e. The number of aryl methyl sites for hydroxylation is 1. The van der Waals surface area contributed by atoms with Crippen LogP contribution < -0.4 is 0 Å². The first-order valence-corrected chi connectivity index (χ1v) is 6.59. The summed E-state index contributed by atoms with van der Waals surface area (Å²) >= 11 is 3.26. The van der Waals surface area contributed by atoms with Gasteiger partial charge in [-0.2, -0.15) is 0 Å². The molecule has 0 aliphatic carbocycles. The van der Waals surface area contributed by atoms with Crippen molar-refractivity contribution >= 4 is 27.8 Å². The molecule has 6 nitrogen and oxygen atoms in total. The van der Waals surface area contributed by atoms with Crippen LogP contribution in [0.1, 0.15) is 32.4 Å². The third-order valence-corrected chi connectivity index (χ3v) is 3.27. The average Bonchev–Trinajstić information content (AvgIpc) is 2.94. The zero-order valence-corrected chi connectivity index (χ0v) is 12.5. The van der Waals surface area contributed by atoms with E-state index in [9.17, 15) is 9.59 Å². The summed E-state index contributed by atoms with van der Waals surface area (Å²) in [5.41, 5.74) is 0.560. The van der Waals surface area contributed by atoms with E-state index in [0.717, 1.165) is 4.47 Å². The van der Waals surface area contributed by atoms with E-state index in [0.29, 0.717) is 17.2 Å². The van der Waals surface area contributed by atoms with E-state index in [2.05, 4.69) is 20.9 Å². The molecule has 0 bridgehead atoms. The Morgan fingerprint density at radius 2 is 2.15 bits per heavy atom. The molecule has 2 N–H and O–H groups in total. The maximum atomic E-state index is 12.1. The molecular formula is C13H13BrN2O4. The third-order valence-electron chi connectivity index (χ3n) is 2.82. The number of carboxylic acid groups (broad SMARTS) is 1. The molecule has 2 aromatic rings. The SMILES string of the molecule is Cc1oc(CN(C)C(=O)c2cc(Br)c[nH]2)cc1C(=O)O. The second-order valence-corrected chi connectivity index (χ2v) is 5.30. The van der Waals surface area contributed by atoms with Crippen LogP contribution in [-0.4, -0.2) is 33.9 Å². The number of carbonyl (C=O) groups excluding carboxylic acids is 1. The lowest BCUT2D eigenvalue weighted by Gasteiger charge is -2.14. The van der Waals surface area contributed by atoms with Crippen molar-refractivity contribution in [1.82, 2.24) is 9.88 Å². The van der Waals surface area contributed by atoms with Crippen LogP contribution in [0.2, 0.25) is 0 Å². The number of furan rings is 1. The quantitative estimate of drug-likeness (QED) is 0.895. The number of aromatic nitrogens is 1. The van der Waals surface area contributed by atoms with Gasteiger partial charge in [0.25, 0.3) is 5.91 Å². The third kappa shape index (κ3) is 2.93. The number of amides is 1. The summed E-state index contributed by atoms with van der Waals surface area (Å²) in [7, 11) is 1.62. The second kappa shape index (κ2) is 5.54. The molecule has 0 aromatic carbocycles. The number of carbonyl (C=O) groups is 2. The largest absolute Gasteiger partial charge is 0.478 e. The van der Waals surface area contributed by atoms with Gasteiger partial charge in [-0.25, -0.2) is 4.79 Å². The molecule has 2 aromatic heterocycles. The predicted octanol–water partition coefficient (Wildman–Crippen LogP) is 2.65. The first-order chi connectivity index (χ1) is 9.38. The summed E-state index contributed by atoms with van der Waals surface area (Å²) in [6, 6.07) is 3.11. The van der Waals surface area contributed by atoms with Gasteiger partial charge in [-0.15, -0.1) is 0 Å². The molecule has 106 valence electrons. The maximum absolute atomic E-state index is 12.1. The van der Waals surface area contributed by atoms with Crippen molar-refractivity contribution in [2.75, 3.05) is 7.05 Å². The highest BCUT2D eigenvalue weighted by Crippen LogP contribution is 2.17. The van der Waals surface area contributed by atoms with Gasteiger partial charge >= 0.3 is 5.97 Å². The van der Waals surface area contributed by atoms with Crippen LogP contribution in [0.5, 0.6) is 0 Å². The lowest BCUT2D eigenvalue weighted by atomic mass is 10.2. The van der Waals surface area contributed by atoms with Crippen LogP contribution in [0.4, 0.5) is 0 Å². The lowest BCUT2D eigenvalue weighted by Crippen LogP contribution is -2.26. The van der Waals surface area contributed by atoms with Gasteiger partial charge in [0.1, 0.15) is 22.8 Å². The highest BCUT2D eigenvalue weighted by atomic mass is 79.9. The summed E-state index contributed by atoms with van der Waals surface area (Å²) < 4.78 is 6.13. The number of aromatic amines is 1. The minimum Gasteiger partial charge on any atom is -0.478 e. The van der Waals surface area contributed by atoms with Crippen LogP contribution in [0.3, 0.4) is 0 Å². The Balaban J connectivity index is 2.11. The first-order valence-electron chi connectivity index (χ1n) is 5.80. The van der Waals surface area contributed by atoms with Gasteiger partial charge in [-0.05, 0) is 35.0 Å². The van der Waals surface area contributed by atoms with Gasteiger partial charge in [-0.3, -0.25) is 4.79 Å². The van der Waals surface area contributed by atoms with Crippen molar-refractivity contribution in [3.05, 3.63) is 45.6 Å². The molecule has 0 aliphatic rings. The molecule has 0 unspecified atom stereocenters. The number of nitrogens with one attached hydrogen (secondary N) is 1. The summed E-state index contributed by atoms with van der Waals surface area (Å²) in [4.78, 5) is 27.3. The van der Waals surface area contributed by atoms with Crippen LogP contribution in [0.15, 0.2) is 27.2 Å². The number of H-pyrrole nitrogens is 1. The van der Waals surface area contributed by atoms with Gasteiger partial charge in [-0.1, -0.05) is 0 Å². The van der Waals surface area contributed by atoms with E-state index >= 15 is 0 Å². The van der Waals surface area contributed by atoms with Crippen molar-refractivity contribution in [3.63, 3.8) is 0 Å². The molecule has 0 aliphatic heterocycles. The Bertz CT molecular complexity index is 659. The Morgan fingerprint density at radius 3 is 2.65 bits per heavy atom. The number of nitrogens with zero attached hydrogens (tertiary/aromatic N) is 1. The highest BCUT2D eigenvalue weighted by molar-refractivity contribution is 9.10. The summed E-state index contributed by atoms with van der Waals surface area (Å²) in [5.74, 6) is -0.487. The highest BCUT2D eigenvalue weighted by Gasteiger charge is 2.18. The molecule has 1 amide bonds. The Labute approximate surface area is 123 Å². The van der Waals surface area contributed by atoms with E-state index in [1.807, 2.05) is 0 Å². The summed E-state index contributed by atoms with van der Waals surface area (Å²) in [5, 5.41) is 8.95. The van der Waals surface area contributed by atoms with Crippen LogP contribution in [0.25, 0.3) is 0 Å². The zero-order valence-electron chi connectivity index (χ0n) is 10.9. The van der Waals surface area contributed by atoms with Crippen molar-refractivity contribution < 1.29 is 19.1 Å². The number of halogens is 1. The molecule has 2 heterocycles. The van der Waals surface area contributed by atoms with Gasteiger partial charge in [0.15, 0.2) is 0 Å². The monoisotopic (exact) mass is 340 g/mol. The lowest BCUT2D eigenvalue weighted by molar-refractivity contribution is 0.0694. The molecule has 20 heavy (non-hydrogen) atoms. The topological polar surface area (TPSA) is 86.5 Å². The zero-order chi connectivity index (χ0) is 14.9. The van der Waals surface area contributed by atoms with Crippen LogP contribution in [-0.2, 0) is 6.54 Å². The van der Waals surface area contributed by atoms with Gasteiger partial charge in [0, 0.05) is 17.7 Å². The fourth-order valence-electron chi connectivity index (χ4n) is 1.84. The van der Waals surface area contributed by atoms with E-state index in [4.69, 9.17) is 9.52 Å².